The molecule has 0 heterocycles. The van der Waals surface area contributed by atoms with E-state index >= 15 is 0 Å². The molecule has 0 aliphatic heterocycles. The van der Waals surface area contributed by atoms with Gasteiger partial charge < -0.3 is 9.53 Å². The van der Waals surface area contributed by atoms with Crippen LogP contribution in [0.4, 0.5) is 13.2 Å². The molecule has 0 spiro atoms. The molecule has 0 radical (unpaired) electrons. The summed E-state index contributed by atoms with van der Waals surface area (Å²) in [5, 5.41) is 11.4. The standard InChI is InChI=1S/C10H20F3NO4SSi/c1-9(2,7-20(4,5)18-3)6-8(15)14-19(16,17)10(11,12)13/h6-7H2,1-5H3,(H,14,15)/p-1. The topological polar surface area (TPSA) is 78.8 Å². The van der Waals surface area contributed by atoms with Gasteiger partial charge in [0.15, 0.2) is 8.32 Å². The van der Waals surface area contributed by atoms with Gasteiger partial charge in [-0.2, -0.15) is 26.0 Å². The molecule has 5 nitrogen and oxygen atoms in total. The average molecular weight is 334 g/mol. The highest BCUT2D eigenvalue weighted by Crippen LogP contribution is 2.32. The number of nitrogens with zero attached hydrogens (tertiary/aromatic N) is 1. The predicted octanol–water partition coefficient (Wildman–Crippen LogP) is 1.86. The molecule has 0 aliphatic rings. The van der Waals surface area contributed by atoms with Crippen LogP contribution in [0.5, 0.6) is 0 Å². The largest absolute Gasteiger partial charge is 0.861 e. The van der Waals surface area contributed by atoms with Crippen molar-refractivity contribution in [3.05, 3.63) is 0 Å². The van der Waals surface area contributed by atoms with E-state index in [1.807, 2.05) is 13.1 Å². The van der Waals surface area contributed by atoms with Crippen molar-refractivity contribution in [3.63, 3.8) is 0 Å². The normalized spacial score (nSPS) is 15.5. The fourth-order valence-electron chi connectivity index (χ4n) is 1.91. The Hall–Kier alpha value is -0.613. The maximum atomic E-state index is 12.1. The van der Waals surface area contributed by atoms with E-state index in [2.05, 4.69) is 4.40 Å². The minimum Gasteiger partial charge on any atom is -0.861 e. The zero-order valence-corrected chi connectivity index (χ0v) is 13.9. The summed E-state index contributed by atoms with van der Waals surface area (Å²) in [5.41, 5.74) is -6.24. The zero-order valence-electron chi connectivity index (χ0n) is 12.0. The van der Waals surface area contributed by atoms with Crippen LogP contribution in [0, 0.1) is 5.41 Å². The lowest BCUT2D eigenvalue weighted by atomic mass is 9.92. The molecule has 0 fully saturated rings. The summed E-state index contributed by atoms with van der Waals surface area (Å²) >= 11 is 0. The maximum absolute atomic E-state index is 12.1. The Kier molecular flexibility index (Phi) is 5.84. The highest BCUT2D eigenvalue weighted by Gasteiger charge is 2.45. The SMILES string of the molecule is CO[Si](C)(C)CC(C)(C)C/C([O-])=N\S(=O)(=O)C(F)(F)F. The number of hydrogen-bond acceptors (Lipinski definition) is 4. The number of rotatable bonds is 6. The number of sulfonamides is 1. The van der Waals surface area contributed by atoms with E-state index in [1.165, 1.54) is 7.11 Å². The fourth-order valence-corrected chi connectivity index (χ4v) is 4.93. The molecule has 0 rings (SSSR count). The van der Waals surface area contributed by atoms with Gasteiger partial charge in [-0.05, 0) is 36.9 Å². The molecule has 0 bridgehead atoms. The van der Waals surface area contributed by atoms with Crippen LogP contribution < -0.4 is 5.11 Å². The molecule has 10 heteroatoms. The van der Waals surface area contributed by atoms with Crippen LogP contribution in [0.25, 0.3) is 0 Å². The van der Waals surface area contributed by atoms with Gasteiger partial charge in [0.25, 0.3) is 0 Å². The average Bonchev–Trinajstić information content (AvgIpc) is 2.11. The third-order valence-corrected chi connectivity index (χ3v) is 6.54. The van der Waals surface area contributed by atoms with Gasteiger partial charge in [-0.15, -0.1) is 0 Å². The van der Waals surface area contributed by atoms with Gasteiger partial charge in [0.1, 0.15) is 0 Å². The first kappa shape index (κ1) is 19.4. The lowest BCUT2D eigenvalue weighted by molar-refractivity contribution is -0.220. The van der Waals surface area contributed by atoms with Gasteiger partial charge in [-0.25, -0.2) is 0 Å². The first-order chi connectivity index (χ1) is 8.62. The van der Waals surface area contributed by atoms with Gasteiger partial charge in [0, 0.05) is 7.11 Å². The molecular weight excluding hydrogens is 315 g/mol. The van der Waals surface area contributed by atoms with Crippen molar-refractivity contribution >= 4 is 24.2 Å². The minimum absolute atomic E-state index is 0.387. The highest BCUT2D eigenvalue weighted by atomic mass is 32.2. The van der Waals surface area contributed by atoms with E-state index in [1.54, 1.807) is 13.8 Å². The summed E-state index contributed by atoms with van der Waals surface area (Å²) in [4.78, 5) is 0. The maximum Gasteiger partial charge on any atom is 0.518 e. The summed E-state index contributed by atoms with van der Waals surface area (Å²) in [6.07, 6.45) is -0.387. The van der Waals surface area contributed by atoms with Gasteiger partial charge in [-0.1, -0.05) is 13.8 Å². The van der Waals surface area contributed by atoms with Gasteiger partial charge >= 0.3 is 15.5 Å². The van der Waals surface area contributed by atoms with Crippen LogP contribution in [0.15, 0.2) is 4.40 Å². The number of hydrogen-bond donors (Lipinski definition) is 0. The second kappa shape index (κ2) is 6.02. The Morgan fingerprint density at radius 2 is 1.75 bits per heavy atom. The lowest BCUT2D eigenvalue weighted by Gasteiger charge is -2.33. The van der Waals surface area contributed by atoms with E-state index in [-0.39, 0.29) is 6.42 Å². The van der Waals surface area contributed by atoms with Gasteiger partial charge in [0.05, 0.1) is 0 Å². The molecule has 0 aliphatic carbocycles. The molecule has 0 atom stereocenters. The molecule has 0 aromatic carbocycles. The van der Waals surface area contributed by atoms with E-state index in [9.17, 15) is 26.7 Å². The van der Waals surface area contributed by atoms with Crippen LogP contribution in [0.1, 0.15) is 20.3 Å². The van der Waals surface area contributed by atoms with E-state index in [0.717, 1.165) is 0 Å². The van der Waals surface area contributed by atoms with E-state index < -0.39 is 35.2 Å². The van der Waals surface area contributed by atoms with Crippen molar-refractivity contribution < 1.29 is 31.1 Å². The monoisotopic (exact) mass is 334 g/mol. The molecule has 0 saturated heterocycles. The summed E-state index contributed by atoms with van der Waals surface area (Å²) in [6.45, 7) is 7.11. The van der Waals surface area contributed by atoms with Crippen LogP contribution in [0.2, 0.25) is 19.1 Å². The van der Waals surface area contributed by atoms with Crippen LogP contribution >= 0.6 is 0 Å². The molecule has 0 aromatic rings. The molecular formula is C10H19F3NO4SSi-. The third kappa shape index (κ3) is 6.22. The Morgan fingerprint density at radius 1 is 1.30 bits per heavy atom. The Labute approximate surface area is 118 Å². The predicted molar refractivity (Wildman–Crippen MR) is 70.1 cm³/mol. The zero-order chi connectivity index (χ0) is 16.4. The third-order valence-electron chi connectivity index (χ3n) is 2.60. The Balaban J connectivity index is 5.06. The van der Waals surface area contributed by atoms with Crippen molar-refractivity contribution in [2.75, 3.05) is 7.11 Å². The molecule has 0 saturated carbocycles. The van der Waals surface area contributed by atoms with Crippen molar-refractivity contribution in [2.45, 2.75) is 44.9 Å². The van der Waals surface area contributed by atoms with Crippen LogP contribution in [-0.4, -0.2) is 35.3 Å². The summed E-state index contributed by atoms with van der Waals surface area (Å²) < 4.78 is 65.5. The van der Waals surface area contributed by atoms with Crippen molar-refractivity contribution in [1.29, 1.82) is 0 Å². The quantitative estimate of drug-likeness (QED) is 0.422. The number of halogens is 3. The second-order valence-electron chi connectivity index (χ2n) is 5.89. The molecule has 0 unspecified atom stereocenters. The first-order valence-electron chi connectivity index (χ1n) is 5.74. The van der Waals surface area contributed by atoms with Gasteiger partial charge in [-0.3, -0.25) is 0 Å². The Bertz CT molecular complexity index is 471. The number of alkyl halides is 3. The second-order valence-corrected chi connectivity index (χ2v) is 11.8. The smallest absolute Gasteiger partial charge is 0.518 e. The first-order valence-corrected chi connectivity index (χ1v) is 10.3. The van der Waals surface area contributed by atoms with E-state index in [4.69, 9.17) is 4.43 Å². The fraction of sp³-hybridized carbons (Fsp3) is 0.900. The summed E-state index contributed by atoms with van der Waals surface area (Å²) in [5.74, 6) is -1.30. The molecule has 20 heavy (non-hydrogen) atoms. The molecule has 0 N–H and O–H groups in total. The summed E-state index contributed by atoms with van der Waals surface area (Å²) in [6, 6.07) is 0.490. The van der Waals surface area contributed by atoms with Gasteiger partial charge in [0.2, 0.25) is 0 Å². The van der Waals surface area contributed by atoms with Crippen molar-refractivity contribution in [1.82, 2.24) is 0 Å². The van der Waals surface area contributed by atoms with Crippen molar-refractivity contribution in [2.24, 2.45) is 9.81 Å². The van der Waals surface area contributed by atoms with Crippen molar-refractivity contribution in [3.8, 4) is 0 Å². The highest BCUT2D eigenvalue weighted by molar-refractivity contribution is 7.91. The van der Waals surface area contributed by atoms with Crippen LogP contribution in [-0.2, 0) is 14.4 Å². The molecule has 120 valence electrons. The van der Waals surface area contributed by atoms with Crippen LogP contribution in [0.3, 0.4) is 0 Å². The Morgan fingerprint density at radius 3 is 2.10 bits per heavy atom. The molecule has 0 amide bonds. The lowest BCUT2D eigenvalue weighted by Crippen LogP contribution is -2.37. The summed E-state index contributed by atoms with van der Waals surface area (Å²) in [7, 11) is -6.27. The van der Waals surface area contributed by atoms with E-state index in [0.29, 0.717) is 6.04 Å². The minimum atomic E-state index is -5.76. The molecule has 0 aromatic heterocycles.